The summed E-state index contributed by atoms with van der Waals surface area (Å²) in [4.78, 5) is 4.36. The molecule has 0 fully saturated rings. The van der Waals surface area contributed by atoms with Crippen molar-refractivity contribution in [2.24, 2.45) is 0 Å². The van der Waals surface area contributed by atoms with Gasteiger partial charge in [-0.15, -0.1) is 11.3 Å². The summed E-state index contributed by atoms with van der Waals surface area (Å²) in [7, 11) is -1.84. The molecule has 0 bridgehead atoms. The van der Waals surface area contributed by atoms with Crippen LogP contribution >= 0.6 is 11.3 Å². The smallest absolute Gasteiger partial charge is 0.252 e. The molecule has 0 radical (unpaired) electrons. The first-order valence-corrected chi connectivity index (χ1v) is 8.73. The lowest BCUT2D eigenvalue weighted by Crippen LogP contribution is -2.25. The number of benzene rings is 1. The van der Waals surface area contributed by atoms with Gasteiger partial charge in [0.25, 0.3) is 10.0 Å². The van der Waals surface area contributed by atoms with E-state index in [-0.39, 0.29) is 0 Å². The summed E-state index contributed by atoms with van der Waals surface area (Å²) in [6.07, 6.45) is 1.72. The Morgan fingerprint density at radius 3 is 2.76 bits per heavy atom. The maximum atomic E-state index is 12.4. The Morgan fingerprint density at radius 1 is 1.19 bits per heavy atom. The van der Waals surface area contributed by atoms with Gasteiger partial charge in [-0.2, -0.15) is 4.31 Å². The van der Waals surface area contributed by atoms with Crippen molar-refractivity contribution in [3.05, 3.63) is 59.6 Å². The number of rotatable bonds is 4. The molecule has 2 heterocycles. The van der Waals surface area contributed by atoms with Gasteiger partial charge in [-0.05, 0) is 29.1 Å². The van der Waals surface area contributed by atoms with E-state index in [1.807, 2.05) is 30.3 Å². The van der Waals surface area contributed by atoms with Crippen molar-refractivity contribution in [3.63, 3.8) is 0 Å². The molecular weight excluding hydrogens is 304 g/mol. The zero-order chi connectivity index (χ0) is 14.9. The third-order valence-corrected chi connectivity index (χ3v) is 6.39. The molecule has 0 saturated carbocycles. The number of hydrogen-bond donors (Lipinski definition) is 0. The Balaban J connectivity index is 1.88. The van der Waals surface area contributed by atoms with Gasteiger partial charge >= 0.3 is 0 Å². The molecule has 108 valence electrons. The third kappa shape index (κ3) is 2.83. The molecule has 4 nitrogen and oxygen atoms in total. The van der Waals surface area contributed by atoms with Gasteiger partial charge < -0.3 is 0 Å². The van der Waals surface area contributed by atoms with Gasteiger partial charge in [-0.25, -0.2) is 8.42 Å². The predicted molar refractivity (Wildman–Crippen MR) is 84.7 cm³/mol. The molecule has 3 aromatic rings. The summed E-state index contributed by atoms with van der Waals surface area (Å²) in [6.45, 7) is 0.304. The lowest BCUT2D eigenvalue weighted by Gasteiger charge is -2.16. The largest absolute Gasteiger partial charge is 0.256 e. The van der Waals surface area contributed by atoms with Gasteiger partial charge in [0.1, 0.15) is 4.21 Å². The van der Waals surface area contributed by atoms with E-state index in [1.54, 1.807) is 30.8 Å². The van der Waals surface area contributed by atoms with Crippen LogP contribution in [0, 0.1) is 0 Å². The quantitative estimate of drug-likeness (QED) is 0.742. The average Bonchev–Trinajstić information content (AvgIpc) is 3.02. The highest BCUT2D eigenvalue weighted by atomic mass is 32.2. The van der Waals surface area contributed by atoms with Crippen LogP contribution in [0.25, 0.3) is 10.9 Å². The highest BCUT2D eigenvalue weighted by molar-refractivity contribution is 7.91. The fraction of sp³-hybridized carbons (Fsp3) is 0.133. The van der Waals surface area contributed by atoms with Crippen molar-refractivity contribution in [3.8, 4) is 0 Å². The van der Waals surface area contributed by atoms with E-state index in [9.17, 15) is 8.42 Å². The summed E-state index contributed by atoms with van der Waals surface area (Å²) < 4.78 is 26.5. The Hall–Kier alpha value is -1.76. The van der Waals surface area contributed by atoms with Crippen LogP contribution in [0.1, 0.15) is 5.56 Å². The van der Waals surface area contributed by atoms with E-state index in [4.69, 9.17) is 0 Å². The van der Waals surface area contributed by atoms with Crippen molar-refractivity contribution < 1.29 is 8.42 Å². The fourth-order valence-corrected chi connectivity index (χ4v) is 4.47. The molecule has 0 saturated heterocycles. The molecule has 0 amide bonds. The first-order chi connectivity index (χ1) is 10.1. The number of thiophene rings is 1. The number of hydrogen-bond acceptors (Lipinski definition) is 4. The zero-order valence-corrected chi connectivity index (χ0v) is 13.1. The van der Waals surface area contributed by atoms with E-state index in [0.717, 1.165) is 16.5 Å². The second-order valence-corrected chi connectivity index (χ2v) is 7.95. The highest BCUT2D eigenvalue weighted by Crippen LogP contribution is 2.22. The Bertz CT molecular complexity index is 858. The number of sulfonamides is 1. The Labute approximate surface area is 127 Å². The van der Waals surface area contributed by atoms with Gasteiger partial charge in [0.15, 0.2) is 0 Å². The molecule has 0 aliphatic rings. The minimum absolute atomic E-state index is 0.304. The third-order valence-electron chi connectivity index (χ3n) is 3.21. The summed E-state index contributed by atoms with van der Waals surface area (Å²) >= 11 is 1.23. The predicted octanol–water partition coefficient (Wildman–Crippen LogP) is 3.12. The van der Waals surface area contributed by atoms with Crippen LogP contribution < -0.4 is 0 Å². The Kier molecular flexibility index (Phi) is 3.75. The van der Waals surface area contributed by atoms with Crippen molar-refractivity contribution in [2.75, 3.05) is 7.05 Å². The fourth-order valence-electron chi connectivity index (χ4n) is 2.11. The van der Waals surface area contributed by atoms with Gasteiger partial charge in [0, 0.05) is 25.2 Å². The minimum atomic E-state index is -3.42. The Morgan fingerprint density at radius 2 is 2.00 bits per heavy atom. The van der Waals surface area contributed by atoms with Crippen LogP contribution in [0.5, 0.6) is 0 Å². The molecule has 6 heteroatoms. The summed E-state index contributed by atoms with van der Waals surface area (Å²) in [5.74, 6) is 0. The maximum Gasteiger partial charge on any atom is 0.252 e. The van der Waals surface area contributed by atoms with Gasteiger partial charge in [-0.1, -0.05) is 24.3 Å². The van der Waals surface area contributed by atoms with Crippen LogP contribution in [0.15, 0.2) is 58.3 Å². The monoisotopic (exact) mass is 318 g/mol. The first-order valence-electron chi connectivity index (χ1n) is 6.41. The molecule has 21 heavy (non-hydrogen) atoms. The molecule has 3 rings (SSSR count). The van der Waals surface area contributed by atoms with Gasteiger partial charge in [0.2, 0.25) is 0 Å². The van der Waals surface area contributed by atoms with E-state index in [1.165, 1.54) is 15.6 Å². The van der Waals surface area contributed by atoms with Crippen molar-refractivity contribution in [1.82, 2.24) is 9.29 Å². The van der Waals surface area contributed by atoms with Crippen LogP contribution in [0.3, 0.4) is 0 Å². The van der Waals surface area contributed by atoms with Gasteiger partial charge in [0.05, 0.1) is 5.52 Å². The molecule has 0 aliphatic carbocycles. The SMILES string of the molecule is CN(Cc1cnc2ccccc2c1)S(=O)(=O)c1cccs1. The first kappa shape index (κ1) is 14.2. The van der Waals surface area contributed by atoms with E-state index in [2.05, 4.69) is 4.98 Å². The molecular formula is C15H14N2O2S2. The van der Waals surface area contributed by atoms with Crippen molar-refractivity contribution in [2.45, 2.75) is 10.8 Å². The average molecular weight is 318 g/mol. The number of aromatic nitrogens is 1. The van der Waals surface area contributed by atoms with E-state index < -0.39 is 10.0 Å². The van der Waals surface area contributed by atoms with Crippen molar-refractivity contribution >= 4 is 32.3 Å². The second-order valence-electron chi connectivity index (χ2n) is 4.73. The highest BCUT2D eigenvalue weighted by Gasteiger charge is 2.21. The minimum Gasteiger partial charge on any atom is -0.256 e. The molecule has 0 atom stereocenters. The topological polar surface area (TPSA) is 50.3 Å². The number of fused-ring (bicyclic) bond motifs is 1. The molecule has 0 N–H and O–H groups in total. The van der Waals surface area contributed by atoms with Crippen LogP contribution in [0.2, 0.25) is 0 Å². The summed E-state index contributed by atoms with van der Waals surface area (Å²) in [5.41, 5.74) is 1.78. The molecule has 0 aliphatic heterocycles. The van der Waals surface area contributed by atoms with Crippen LogP contribution in [-0.2, 0) is 16.6 Å². The molecule has 1 aromatic carbocycles. The number of nitrogens with zero attached hydrogens (tertiary/aromatic N) is 2. The summed E-state index contributed by atoms with van der Waals surface area (Å²) in [6, 6.07) is 13.1. The normalized spacial score (nSPS) is 12.1. The lowest BCUT2D eigenvalue weighted by molar-refractivity contribution is 0.468. The van der Waals surface area contributed by atoms with Gasteiger partial charge in [-0.3, -0.25) is 4.98 Å². The van der Waals surface area contributed by atoms with E-state index in [0.29, 0.717) is 10.8 Å². The number of para-hydroxylation sites is 1. The lowest BCUT2D eigenvalue weighted by atomic mass is 10.1. The second kappa shape index (κ2) is 5.55. The number of pyridine rings is 1. The zero-order valence-electron chi connectivity index (χ0n) is 11.4. The van der Waals surface area contributed by atoms with Crippen molar-refractivity contribution in [1.29, 1.82) is 0 Å². The van der Waals surface area contributed by atoms with Crippen LogP contribution in [-0.4, -0.2) is 24.8 Å². The molecule has 2 aromatic heterocycles. The standard InChI is InChI=1S/C15H14N2O2S2/c1-17(21(18,19)15-7-4-8-20-15)11-12-9-13-5-2-3-6-14(13)16-10-12/h2-10H,11H2,1H3. The van der Waals surface area contributed by atoms with E-state index >= 15 is 0 Å². The summed E-state index contributed by atoms with van der Waals surface area (Å²) in [5, 5.41) is 2.77. The maximum absolute atomic E-state index is 12.4. The molecule has 0 spiro atoms. The molecule has 0 unspecified atom stereocenters. The van der Waals surface area contributed by atoms with Crippen LogP contribution in [0.4, 0.5) is 0 Å².